The lowest BCUT2D eigenvalue weighted by Gasteiger charge is -2.01. The van der Waals surface area contributed by atoms with Crippen molar-refractivity contribution in [3.8, 4) is 0 Å². The monoisotopic (exact) mass is 349 g/mol. The quantitative estimate of drug-likeness (QED) is 0.618. The molecule has 1 unspecified atom stereocenters. The molecule has 0 aliphatic rings. The van der Waals surface area contributed by atoms with Gasteiger partial charge < -0.3 is 4.52 Å². The summed E-state index contributed by atoms with van der Waals surface area (Å²) in [4.78, 5) is 10.2. The number of nitrogens with zero attached hydrogens (tertiary/aromatic N) is 4. The summed E-state index contributed by atoms with van der Waals surface area (Å²) < 4.78 is 5.34. The van der Waals surface area contributed by atoms with Crippen molar-refractivity contribution in [3.05, 3.63) is 39.9 Å². The van der Waals surface area contributed by atoms with Crippen molar-refractivity contribution in [2.24, 2.45) is 0 Å². The molecule has 0 aliphatic heterocycles. The maximum atomic E-state index is 5.34. The van der Waals surface area contributed by atoms with Crippen LogP contribution in [0.25, 0.3) is 0 Å². The van der Waals surface area contributed by atoms with Crippen LogP contribution in [-0.2, 0) is 12.8 Å². The first-order valence-corrected chi connectivity index (χ1v) is 9.43. The Morgan fingerprint density at radius 2 is 2.30 bits per heavy atom. The fourth-order valence-electron chi connectivity index (χ4n) is 2.07. The van der Waals surface area contributed by atoms with E-state index in [1.54, 1.807) is 11.3 Å². The van der Waals surface area contributed by atoms with Gasteiger partial charge >= 0.3 is 0 Å². The fraction of sp³-hybridized carbons (Fsp3) is 0.467. The van der Waals surface area contributed by atoms with E-state index >= 15 is 0 Å². The number of thiophene rings is 1. The highest BCUT2D eigenvalue weighted by Gasteiger charge is 2.18. The second-order valence-corrected chi connectivity index (χ2v) is 7.57. The zero-order chi connectivity index (χ0) is 16.1. The Bertz CT molecular complexity index is 722. The lowest BCUT2D eigenvalue weighted by Crippen LogP contribution is -1.92. The lowest BCUT2D eigenvalue weighted by molar-refractivity contribution is 0.374. The highest BCUT2D eigenvalue weighted by molar-refractivity contribution is 7.99. The summed E-state index contributed by atoms with van der Waals surface area (Å²) in [5.41, 5.74) is 0. The molecule has 0 radical (unpaired) electrons. The molecule has 3 rings (SSSR count). The van der Waals surface area contributed by atoms with E-state index in [0.717, 1.165) is 37.3 Å². The van der Waals surface area contributed by atoms with E-state index < -0.39 is 0 Å². The Morgan fingerprint density at radius 1 is 1.39 bits per heavy atom. The predicted octanol–water partition coefficient (Wildman–Crippen LogP) is 4.04. The zero-order valence-electron chi connectivity index (χ0n) is 13.2. The van der Waals surface area contributed by atoms with Gasteiger partial charge in [-0.2, -0.15) is 4.98 Å². The van der Waals surface area contributed by atoms with E-state index in [1.165, 1.54) is 16.6 Å². The summed E-state index contributed by atoms with van der Waals surface area (Å²) in [5, 5.41) is 14.1. The summed E-state index contributed by atoms with van der Waals surface area (Å²) in [6.45, 7) is 4.17. The van der Waals surface area contributed by atoms with E-state index in [0.29, 0.717) is 11.0 Å². The Kier molecular flexibility index (Phi) is 5.45. The molecule has 8 heteroatoms. The molecule has 3 aromatic rings. The Labute approximate surface area is 143 Å². The summed E-state index contributed by atoms with van der Waals surface area (Å²) in [7, 11) is 0. The van der Waals surface area contributed by atoms with Crippen molar-refractivity contribution >= 4 is 23.1 Å². The van der Waals surface area contributed by atoms with E-state index in [4.69, 9.17) is 4.52 Å². The molecule has 6 nitrogen and oxygen atoms in total. The summed E-state index contributed by atoms with van der Waals surface area (Å²) >= 11 is 3.24. The molecule has 23 heavy (non-hydrogen) atoms. The van der Waals surface area contributed by atoms with Gasteiger partial charge in [-0.3, -0.25) is 5.10 Å². The molecular weight excluding hydrogens is 330 g/mol. The number of aromatic nitrogens is 5. The molecule has 122 valence electrons. The van der Waals surface area contributed by atoms with Gasteiger partial charge in [0.15, 0.2) is 5.82 Å². The van der Waals surface area contributed by atoms with Crippen LogP contribution < -0.4 is 0 Å². The molecular formula is C15H19N5OS2. The number of hydrogen-bond acceptors (Lipinski definition) is 7. The fourth-order valence-corrected chi connectivity index (χ4v) is 3.55. The first kappa shape index (κ1) is 16.2. The molecule has 3 heterocycles. The molecule has 0 fully saturated rings. The van der Waals surface area contributed by atoms with Crippen molar-refractivity contribution < 1.29 is 4.52 Å². The normalized spacial score (nSPS) is 12.6. The summed E-state index contributed by atoms with van der Waals surface area (Å²) in [6, 6.07) is 4.14. The van der Waals surface area contributed by atoms with Gasteiger partial charge in [0.2, 0.25) is 11.0 Å². The van der Waals surface area contributed by atoms with Crippen LogP contribution in [0.5, 0.6) is 0 Å². The topological polar surface area (TPSA) is 80.5 Å². The number of H-pyrrole nitrogens is 1. The molecule has 0 bridgehead atoms. The van der Waals surface area contributed by atoms with E-state index in [-0.39, 0.29) is 5.25 Å². The Hall–Kier alpha value is -1.67. The average Bonchev–Trinajstić information content (AvgIpc) is 3.27. The smallest absolute Gasteiger partial charge is 0.239 e. The van der Waals surface area contributed by atoms with E-state index in [2.05, 4.69) is 43.7 Å². The highest BCUT2D eigenvalue weighted by Crippen LogP contribution is 2.31. The number of aromatic amines is 1. The minimum absolute atomic E-state index is 0.0308. The van der Waals surface area contributed by atoms with Crippen molar-refractivity contribution in [1.82, 2.24) is 25.3 Å². The van der Waals surface area contributed by atoms with E-state index in [9.17, 15) is 0 Å². The molecule has 0 saturated carbocycles. The van der Waals surface area contributed by atoms with E-state index in [1.807, 2.05) is 13.0 Å². The van der Waals surface area contributed by atoms with Crippen molar-refractivity contribution in [1.29, 1.82) is 0 Å². The van der Waals surface area contributed by atoms with Gasteiger partial charge in [-0.1, -0.05) is 36.3 Å². The van der Waals surface area contributed by atoms with Crippen LogP contribution in [0.15, 0.2) is 27.2 Å². The average molecular weight is 349 g/mol. The lowest BCUT2D eigenvalue weighted by atomic mass is 10.2. The van der Waals surface area contributed by atoms with Gasteiger partial charge in [0.25, 0.3) is 0 Å². The van der Waals surface area contributed by atoms with Crippen molar-refractivity contribution in [2.75, 3.05) is 0 Å². The molecule has 3 aromatic heterocycles. The highest BCUT2D eigenvalue weighted by atomic mass is 32.2. The third-order valence-electron chi connectivity index (χ3n) is 3.30. The third-order valence-corrected chi connectivity index (χ3v) is 5.13. The predicted molar refractivity (Wildman–Crippen MR) is 90.7 cm³/mol. The van der Waals surface area contributed by atoms with Crippen LogP contribution in [0.3, 0.4) is 0 Å². The van der Waals surface area contributed by atoms with Crippen LogP contribution >= 0.6 is 23.1 Å². The molecule has 0 spiro atoms. The molecule has 1 N–H and O–H groups in total. The van der Waals surface area contributed by atoms with Gasteiger partial charge in [0, 0.05) is 17.7 Å². The van der Waals surface area contributed by atoms with Gasteiger partial charge in [0.05, 0.1) is 5.25 Å². The van der Waals surface area contributed by atoms with Gasteiger partial charge in [-0.15, -0.1) is 16.4 Å². The van der Waals surface area contributed by atoms with Crippen LogP contribution in [-0.4, -0.2) is 25.3 Å². The minimum atomic E-state index is 0.0308. The van der Waals surface area contributed by atoms with Crippen LogP contribution in [0.1, 0.15) is 54.4 Å². The maximum absolute atomic E-state index is 5.34. The first-order chi connectivity index (χ1) is 11.2. The molecule has 0 aromatic carbocycles. The first-order valence-electron chi connectivity index (χ1n) is 7.67. The largest absolute Gasteiger partial charge is 0.338 e. The molecule has 0 amide bonds. The number of thioether (sulfide) groups is 1. The number of rotatable bonds is 8. The van der Waals surface area contributed by atoms with Crippen molar-refractivity contribution in [2.45, 2.75) is 49.9 Å². The molecule has 0 saturated heterocycles. The van der Waals surface area contributed by atoms with Gasteiger partial charge in [-0.25, -0.2) is 4.98 Å². The molecule has 1 atom stereocenters. The van der Waals surface area contributed by atoms with Crippen LogP contribution in [0.2, 0.25) is 0 Å². The number of aryl methyl sites for hydroxylation is 1. The Morgan fingerprint density at radius 3 is 3.09 bits per heavy atom. The second kappa shape index (κ2) is 7.74. The van der Waals surface area contributed by atoms with Crippen molar-refractivity contribution in [3.63, 3.8) is 0 Å². The standard InChI is InChI=1S/C15H19N5OS2/c1-3-4-7-12-16-14(21-20-12)10(2)23-15-17-13(18-19-15)9-11-6-5-8-22-11/h5-6,8,10H,3-4,7,9H2,1-2H3,(H,17,18,19). The van der Waals surface area contributed by atoms with Crippen LogP contribution in [0.4, 0.5) is 0 Å². The summed E-state index contributed by atoms with van der Waals surface area (Å²) in [6.07, 6.45) is 3.84. The number of unbranched alkanes of at least 4 members (excludes halogenated alkanes) is 1. The number of hydrogen-bond donors (Lipinski definition) is 1. The van der Waals surface area contributed by atoms with Crippen LogP contribution in [0, 0.1) is 0 Å². The maximum Gasteiger partial charge on any atom is 0.239 e. The minimum Gasteiger partial charge on any atom is -0.338 e. The molecule has 0 aliphatic carbocycles. The second-order valence-electron chi connectivity index (χ2n) is 5.23. The summed E-state index contributed by atoms with van der Waals surface area (Å²) in [5.74, 6) is 2.28. The Balaban J connectivity index is 1.58. The SMILES string of the molecule is CCCCc1noc(C(C)Sc2n[nH]c(Cc3cccs3)n2)n1. The van der Waals surface area contributed by atoms with Gasteiger partial charge in [-0.05, 0) is 24.8 Å². The number of nitrogens with one attached hydrogen (secondary N) is 1. The zero-order valence-corrected chi connectivity index (χ0v) is 14.8. The van der Waals surface area contributed by atoms with Gasteiger partial charge in [0.1, 0.15) is 5.82 Å². The third kappa shape index (κ3) is 4.42.